The molecule has 5 nitrogen and oxygen atoms in total. The maximum absolute atomic E-state index is 13.8. The van der Waals surface area contributed by atoms with Gasteiger partial charge < -0.3 is 20.3 Å². The lowest BCUT2D eigenvalue weighted by Crippen LogP contribution is -2.57. The number of hydrogen-bond acceptors (Lipinski definition) is 3. The highest BCUT2D eigenvalue weighted by molar-refractivity contribution is 14.0. The van der Waals surface area contributed by atoms with Crippen molar-refractivity contribution in [2.75, 3.05) is 40.4 Å². The molecule has 0 aromatic heterocycles. The van der Waals surface area contributed by atoms with E-state index in [0.29, 0.717) is 19.0 Å². The predicted octanol–water partition coefficient (Wildman–Crippen LogP) is 2.75. The second kappa shape index (κ2) is 11.0. The maximum atomic E-state index is 13.8. The van der Waals surface area contributed by atoms with Gasteiger partial charge in [0.05, 0.1) is 6.54 Å². The molecule has 0 atom stereocenters. The number of nitrogens with one attached hydrogen (secondary N) is 2. The molecule has 2 N–H and O–H groups in total. The molecule has 1 aromatic carbocycles. The summed E-state index contributed by atoms with van der Waals surface area (Å²) < 4.78 is 32.5. The lowest BCUT2D eigenvalue weighted by atomic mass is 9.88. The molecule has 0 amide bonds. The standard InChI is InChI=1S/C18H28F2N4O.HI/c1-4-21-17(22-12-14-11-15(19)5-6-16(14)20)23-13-18(24(2)3)7-9-25-10-8-18;/h5-6,11H,4,7-10,12-13H2,1-3H3,(H2,21,22,23);1H. The van der Waals surface area contributed by atoms with Gasteiger partial charge in [-0.05, 0) is 52.1 Å². The van der Waals surface area contributed by atoms with Crippen LogP contribution in [0.3, 0.4) is 0 Å². The van der Waals surface area contributed by atoms with Gasteiger partial charge in [0.15, 0.2) is 5.96 Å². The van der Waals surface area contributed by atoms with Crippen molar-refractivity contribution in [3.63, 3.8) is 0 Å². The molecule has 26 heavy (non-hydrogen) atoms. The molecule has 1 aliphatic heterocycles. The van der Waals surface area contributed by atoms with Gasteiger partial charge in [-0.3, -0.25) is 0 Å². The Kier molecular flexibility index (Phi) is 9.73. The average Bonchev–Trinajstić information content (AvgIpc) is 2.60. The van der Waals surface area contributed by atoms with E-state index < -0.39 is 11.6 Å². The summed E-state index contributed by atoms with van der Waals surface area (Å²) in [5, 5.41) is 6.50. The van der Waals surface area contributed by atoms with Crippen molar-refractivity contribution < 1.29 is 13.5 Å². The smallest absolute Gasteiger partial charge is 0.191 e. The lowest BCUT2D eigenvalue weighted by Gasteiger charge is -2.43. The Labute approximate surface area is 171 Å². The normalized spacial score (nSPS) is 16.9. The molecular formula is C18H29F2IN4O. The summed E-state index contributed by atoms with van der Waals surface area (Å²) in [5.74, 6) is -0.313. The average molecular weight is 482 g/mol. The van der Waals surface area contributed by atoms with Crippen molar-refractivity contribution in [1.82, 2.24) is 15.5 Å². The third-order valence-electron chi connectivity index (χ3n) is 4.72. The van der Waals surface area contributed by atoms with Gasteiger partial charge in [0.2, 0.25) is 0 Å². The van der Waals surface area contributed by atoms with Gasteiger partial charge in [0.25, 0.3) is 0 Å². The molecule has 0 aliphatic carbocycles. The second-order valence-corrected chi connectivity index (χ2v) is 6.52. The fraction of sp³-hybridized carbons (Fsp3) is 0.611. The highest BCUT2D eigenvalue weighted by Crippen LogP contribution is 2.25. The monoisotopic (exact) mass is 482 g/mol. The zero-order valence-electron chi connectivity index (χ0n) is 15.6. The Bertz CT molecular complexity index is 593. The van der Waals surface area contributed by atoms with E-state index in [0.717, 1.165) is 38.2 Å². The Balaban J connectivity index is 0.00000338. The van der Waals surface area contributed by atoms with Crippen LogP contribution in [0.25, 0.3) is 0 Å². The fourth-order valence-corrected chi connectivity index (χ4v) is 2.95. The van der Waals surface area contributed by atoms with Crippen LogP contribution in [-0.4, -0.2) is 56.8 Å². The maximum Gasteiger partial charge on any atom is 0.191 e. The molecule has 8 heteroatoms. The highest BCUT2D eigenvalue weighted by Gasteiger charge is 2.34. The van der Waals surface area contributed by atoms with E-state index in [4.69, 9.17) is 4.74 Å². The van der Waals surface area contributed by atoms with Gasteiger partial charge >= 0.3 is 0 Å². The van der Waals surface area contributed by atoms with Crippen LogP contribution >= 0.6 is 24.0 Å². The molecule has 0 saturated carbocycles. The first kappa shape index (κ1) is 23.0. The molecule has 1 heterocycles. The Morgan fingerprint density at radius 2 is 1.92 bits per heavy atom. The predicted molar refractivity (Wildman–Crippen MR) is 111 cm³/mol. The van der Waals surface area contributed by atoms with E-state index in [2.05, 4.69) is 34.6 Å². The SMILES string of the molecule is CCNC(=NCc1cc(F)ccc1F)NCC1(N(C)C)CCOCC1.I. The number of aliphatic imine (C=N–C) groups is 1. The first-order valence-electron chi connectivity index (χ1n) is 8.68. The highest BCUT2D eigenvalue weighted by atomic mass is 127. The van der Waals surface area contributed by atoms with E-state index in [1.165, 1.54) is 6.07 Å². The molecule has 148 valence electrons. The molecule has 2 rings (SSSR count). The summed E-state index contributed by atoms with van der Waals surface area (Å²) in [6.45, 7) is 4.92. The number of benzene rings is 1. The summed E-state index contributed by atoms with van der Waals surface area (Å²) in [6, 6.07) is 3.42. The van der Waals surface area contributed by atoms with Gasteiger partial charge in [0.1, 0.15) is 11.6 Å². The molecular weight excluding hydrogens is 453 g/mol. The largest absolute Gasteiger partial charge is 0.381 e. The summed E-state index contributed by atoms with van der Waals surface area (Å²) in [5.41, 5.74) is 0.240. The van der Waals surface area contributed by atoms with Crippen LogP contribution < -0.4 is 10.6 Å². The minimum atomic E-state index is -0.460. The van der Waals surface area contributed by atoms with Crippen LogP contribution in [0.15, 0.2) is 23.2 Å². The van der Waals surface area contributed by atoms with Crippen molar-refractivity contribution in [3.8, 4) is 0 Å². The number of guanidine groups is 1. The Morgan fingerprint density at radius 1 is 1.23 bits per heavy atom. The minimum Gasteiger partial charge on any atom is -0.381 e. The molecule has 1 fully saturated rings. The van der Waals surface area contributed by atoms with E-state index in [9.17, 15) is 8.78 Å². The molecule has 1 aliphatic rings. The van der Waals surface area contributed by atoms with Gasteiger partial charge in [-0.2, -0.15) is 0 Å². The van der Waals surface area contributed by atoms with Gasteiger partial charge in [0, 0.05) is 37.4 Å². The van der Waals surface area contributed by atoms with Crippen LogP contribution in [0.5, 0.6) is 0 Å². The van der Waals surface area contributed by atoms with E-state index in [1.807, 2.05) is 6.92 Å². The number of nitrogens with zero attached hydrogens (tertiary/aromatic N) is 2. The fourth-order valence-electron chi connectivity index (χ4n) is 2.95. The van der Waals surface area contributed by atoms with Crippen LogP contribution in [0.1, 0.15) is 25.3 Å². The zero-order valence-corrected chi connectivity index (χ0v) is 18.0. The molecule has 0 bridgehead atoms. The number of ether oxygens (including phenoxy) is 1. The van der Waals surface area contributed by atoms with E-state index in [-0.39, 0.29) is 41.6 Å². The third kappa shape index (κ3) is 6.31. The van der Waals surface area contributed by atoms with Crippen LogP contribution in [0.2, 0.25) is 0 Å². The Hall–Kier alpha value is -1.00. The van der Waals surface area contributed by atoms with E-state index in [1.54, 1.807) is 0 Å². The summed E-state index contributed by atoms with van der Waals surface area (Å²) in [4.78, 5) is 6.62. The number of hydrogen-bond donors (Lipinski definition) is 2. The topological polar surface area (TPSA) is 48.9 Å². The lowest BCUT2D eigenvalue weighted by molar-refractivity contribution is -0.00501. The van der Waals surface area contributed by atoms with Crippen molar-refractivity contribution in [3.05, 3.63) is 35.4 Å². The molecule has 1 saturated heterocycles. The second-order valence-electron chi connectivity index (χ2n) is 6.52. The van der Waals surface area contributed by atoms with Gasteiger partial charge in [-0.1, -0.05) is 0 Å². The molecule has 0 unspecified atom stereocenters. The first-order valence-corrected chi connectivity index (χ1v) is 8.68. The Morgan fingerprint density at radius 3 is 2.54 bits per heavy atom. The van der Waals surface area contributed by atoms with Crippen molar-refractivity contribution >= 4 is 29.9 Å². The van der Waals surface area contributed by atoms with E-state index >= 15 is 0 Å². The minimum absolute atomic E-state index is 0. The van der Waals surface area contributed by atoms with Gasteiger partial charge in [-0.25, -0.2) is 13.8 Å². The number of likely N-dealkylation sites (N-methyl/N-ethyl adjacent to an activating group) is 1. The van der Waals surface area contributed by atoms with Crippen LogP contribution in [0.4, 0.5) is 8.78 Å². The first-order chi connectivity index (χ1) is 12.0. The number of halogens is 3. The zero-order chi connectivity index (χ0) is 18.3. The van der Waals surface area contributed by atoms with Crippen molar-refractivity contribution in [2.45, 2.75) is 31.8 Å². The van der Waals surface area contributed by atoms with Gasteiger partial charge in [-0.15, -0.1) is 24.0 Å². The summed E-state index contributed by atoms with van der Waals surface area (Å²) >= 11 is 0. The number of rotatable bonds is 6. The quantitative estimate of drug-likeness (QED) is 0.372. The van der Waals surface area contributed by atoms with Crippen LogP contribution in [-0.2, 0) is 11.3 Å². The van der Waals surface area contributed by atoms with Crippen LogP contribution in [0, 0.1) is 11.6 Å². The molecule has 1 aromatic rings. The third-order valence-corrected chi connectivity index (χ3v) is 4.72. The van der Waals surface area contributed by atoms with Crippen molar-refractivity contribution in [2.24, 2.45) is 4.99 Å². The van der Waals surface area contributed by atoms with Crippen molar-refractivity contribution in [1.29, 1.82) is 0 Å². The summed E-state index contributed by atoms with van der Waals surface area (Å²) in [6.07, 6.45) is 1.87. The summed E-state index contributed by atoms with van der Waals surface area (Å²) in [7, 11) is 4.14. The molecule has 0 radical (unpaired) electrons. The molecule has 0 spiro atoms.